The van der Waals surface area contributed by atoms with Crippen LogP contribution >= 0.6 is 11.6 Å². The van der Waals surface area contributed by atoms with E-state index in [4.69, 9.17) is 21.1 Å². The molecule has 2 aliphatic rings. The summed E-state index contributed by atoms with van der Waals surface area (Å²) in [5.41, 5.74) is 3.13. The van der Waals surface area contributed by atoms with Gasteiger partial charge in [-0.25, -0.2) is 0 Å². The van der Waals surface area contributed by atoms with Crippen LogP contribution in [0.3, 0.4) is 0 Å². The molecule has 0 aromatic heterocycles. The van der Waals surface area contributed by atoms with Crippen LogP contribution < -0.4 is 9.64 Å². The number of carbonyl (C=O) groups excluding carboxylic acids is 1. The van der Waals surface area contributed by atoms with E-state index in [0.717, 1.165) is 68.1 Å². The van der Waals surface area contributed by atoms with Gasteiger partial charge in [0.15, 0.2) is 0 Å². The Hall–Kier alpha value is -2.99. The Morgan fingerprint density at radius 2 is 2.03 bits per heavy atom. The molecule has 1 aliphatic carbocycles. The Morgan fingerprint density at radius 1 is 1.23 bits per heavy atom. The molecule has 0 bridgehead atoms. The molecule has 210 valence electrons. The van der Waals surface area contributed by atoms with E-state index in [-0.39, 0.29) is 11.8 Å². The third kappa shape index (κ3) is 6.96. The molecule has 1 spiro atoms. The van der Waals surface area contributed by atoms with Gasteiger partial charge in [0.05, 0.1) is 24.6 Å². The van der Waals surface area contributed by atoms with E-state index in [1.165, 1.54) is 11.1 Å². The van der Waals surface area contributed by atoms with Gasteiger partial charge in [0.1, 0.15) is 11.4 Å². The van der Waals surface area contributed by atoms with Crippen molar-refractivity contribution in [3.05, 3.63) is 70.8 Å². The average molecular weight is 554 g/mol. The summed E-state index contributed by atoms with van der Waals surface area (Å²) in [5.74, 6) is -1.86. The monoisotopic (exact) mass is 553 g/mol. The second kappa shape index (κ2) is 12.0. The predicted molar refractivity (Wildman–Crippen MR) is 155 cm³/mol. The molecule has 0 radical (unpaired) electrons. The third-order valence-electron chi connectivity index (χ3n) is 7.64. The number of carboxylic acid groups (broad SMARTS) is 1. The molecule has 0 fully saturated rings. The zero-order valence-corrected chi connectivity index (χ0v) is 24.1. The largest absolute Gasteiger partial charge is 0.490 e. The minimum atomic E-state index is -1.05. The molecule has 0 saturated carbocycles. The van der Waals surface area contributed by atoms with Crippen LogP contribution in [-0.4, -0.2) is 42.3 Å². The lowest BCUT2D eigenvalue weighted by atomic mass is 9.70. The van der Waals surface area contributed by atoms with Crippen molar-refractivity contribution in [3.63, 3.8) is 0 Å². The molecular weight excluding hydrogens is 514 g/mol. The van der Waals surface area contributed by atoms with Gasteiger partial charge in [-0.15, -0.1) is 6.58 Å². The van der Waals surface area contributed by atoms with E-state index in [1.54, 1.807) is 26.8 Å². The number of halogens is 1. The van der Waals surface area contributed by atoms with Gasteiger partial charge in [-0.05, 0) is 100 Å². The van der Waals surface area contributed by atoms with Crippen molar-refractivity contribution in [2.24, 2.45) is 0 Å². The van der Waals surface area contributed by atoms with Crippen LogP contribution in [0.4, 0.5) is 5.69 Å². The Kier molecular flexibility index (Phi) is 8.95. The van der Waals surface area contributed by atoms with Crippen molar-refractivity contribution in [1.82, 2.24) is 0 Å². The zero-order valence-electron chi connectivity index (χ0n) is 23.3. The highest BCUT2D eigenvalue weighted by Gasteiger charge is 2.42. The number of fused-ring (bicyclic) bond motifs is 3. The highest BCUT2D eigenvalue weighted by molar-refractivity contribution is 6.30. The minimum absolute atomic E-state index is 0.196. The van der Waals surface area contributed by atoms with E-state index in [9.17, 15) is 14.7 Å². The molecule has 1 heterocycles. The van der Waals surface area contributed by atoms with E-state index in [1.807, 2.05) is 24.3 Å². The molecule has 2 aromatic carbocycles. The first-order valence-electron chi connectivity index (χ1n) is 13.9. The number of ether oxygens (including phenoxy) is 2. The van der Waals surface area contributed by atoms with Gasteiger partial charge in [0.2, 0.25) is 0 Å². The van der Waals surface area contributed by atoms with Crippen LogP contribution in [0.1, 0.15) is 81.9 Å². The second-order valence-corrected chi connectivity index (χ2v) is 12.3. The first-order valence-corrected chi connectivity index (χ1v) is 14.3. The van der Waals surface area contributed by atoms with Crippen LogP contribution in [0.2, 0.25) is 5.02 Å². The molecular formula is C32H40ClNO5. The summed E-state index contributed by atoms with van der Waals surface area (Å²) in [6.45, 7) is 11.3. The molecule has 1 N–H and O–H groups in total. The van der Waals surface area contributed by atoms with Gasteiger partial charge in [0.25, 0.3) is 0 Å². The van der Waals surface area contributed by atoms with Crippen molar-refractivity contribution in [1.29, 1.82) is 0 Å². The number of unbranched alkanes of at least 4 members (excludes halogenated alkanes) is 2. The second-order valence-electron chi connectivity index (χ2n) is 11.8. The first kappa shape index (κ1) is 29.0. The van der Waals surface area contributed by atoms with Crippen LogP contribution in [0, 0.1) is 0 Å². The number of aryl methyl sites for hydroxylation is 1. The quantitative estimate of drug-likeness (QED) is 0.203. The molecule has 7 heteroatoms. The average Bonchev–Trinajstić information content (AvgIpc) is 3.01. The molecule has 2 atom stereocenters. The van der Waals surface area contributed by atoms with E-state index in [0.29, 0.717) is 12.2 Å². The fourth-order valence-electron chi connectivity index (χ4n) is 5.87. The number of carboxylic acids is 1. The molecule has 0 unspecified atom stereocenters. The number of carbonyl (C=O) groups is 2. The van der Waals surface area contributed by atoms with Crippen molar-refractivity contribution in [2.45, 2.75) is 82.7 Å². The van der Waals surface area contributed by atoms with Crippen LogP contribution in [0.5, 0.6) is 5.75 Å². The maximum Gasteiger partial charge on any atom is 0.311 e. The third-order valence-corrected chi connectivity index (χ3v) is 7.87. The minimum Gasteiger partial charge on any atom is -0.490 e. The lowest BCUT2D eigenvalue weighted by Gasteiger charge is -2.41. The standard InChI is InChI=1S/C32H40ClNO5/c1-5-6-7-8-16-34-20-32(15-9-10-23-17-24(33)12-13-26(23)32)21-38-28-14-11-22(18-27(28)34)25(30(36)37)19-29(35)39-31(2,3)4/h5,11-14,17-18,25H,1,6-10,15-16,19-21H2,2-4H3,(H,36,37)/t25-,32-/m0/s1. The molecule has 0 saturated heterocycles. The van der Waals surface area contributed by atoms with Gasteiger partial charge < -0.3 is 19.5 Å². The van der Waals surface area contributed by atoms with Crippen molar-refractivity contribution >= 4 is 29.2 Å². The van der Waals surface area contributed by atoms with E-state index in [2.05, 4.69) is 23.6 Å². The lowest BCUT2D eigenvalue weighted by molar-refractivity contribution is -0.158. The zero-order chi connectivity index (χ0) is 28.2. The van der Waals surface area contributed by atoms with Crippen LogP contribution in [0.25, 0.3) is 0 Å². The van der Waals surface area contributed by atoms with Gasteiger partial charge in [-0.1, -0.05) is 29.8 Å². The Labute approximate surface area is 236 Å². The maximum atomic E-state index is 12.6. The molecule has 39 heavy (non-hydrogen) atoms. The molecule has 4 rings (SSSR count). The number of esters is 1. The topological polar surface area (TPSA) is 76.1 Å². The molecule has 6 nitrogen and oxygen atoms in total. The van der Waals surface area contributed by atoms with Gasteiger partial charge >= 0.3 is 11.9 Å². The summed E-state index contributed by atoms with van der Waals surface area (Å²) in [6.07, 6.45) is 7.70. The Balaban J connectivity index is 1.69. The number of nitrogens with zero attached hydrogens (tertiary/aromatic N) is 1. The number of hydrogen-bond donors (Lipinski definition) is 1. The maximum absolute atomic E-state index is 12.6. The van der Waals surface area contributed by atoms with Gasteiger partial charge in [0, 0.05) is 23.5 Å². The van der Waals surface area contributed by atoms with Gasteiger partial charge in [-0.2, -0.15) is 0 Å². The van der Waals surface area contributed by atoms with E-state index >= 15 is 0 Å². The van der Waals surface area contributed by atoms with Gasteiger partial charge in [-0.3, -0.25) is 9.59 Å². The summed E-state index contributed by atoms with van der Waals surface area (Å²) >= 11 is 6.35. The fraction of sp³-hybridized carbons (Fsp3) is 0.500. The summed E-state index contributed by atoms with van der Waals surface area (Å²) in [4.78, 5) is 27.2. The molecule has 0 amide bonds. The fourth-order valence-corrected chi connectivity index (χ4v) is 6.07. The highest BCUT2D eigenvalue weighted by Crippen LogP contribution is 2.45. The highest BCUT2D eigenvalue weighted by atomic mass is 35.5. The summed E-state index contributed by atoms with van der Waals surface area (Å²) in [7, 11) is 0. The number of aliphatic carboxylic acids is 1. The predicted octanol–water partition coefficient (Wildman–Crippen LogP) is 7.07. The van der Waals surface area contributed by atoms with Crippen molar-refractivity contribution < 1.29 is 24.2 Å². The number of allylic oxidation sites excluding steroid dienone is 1. The van der Waals surface area contributed by atoms with Crippen molar-refractivity contribution in [3.8, 4) is 5.75 Å². The van der Waals surface area contributed by atoms with Crippen LogP contribution in [-0.2, 0) is 26.2 Å². The Bertz CT molecular complexity index is 1220. The van der Waals surface area contributed by atoms with Crippen LogP contribution in [0.15, 0.2) is 49.1 Å². The SMILES string of the molecule is C=CCCCCN1C[C@@]2(CCCc3cc(Cl)ccc32)COc2ccc([C@H](CC(=O)OC(C)(C)C)C(=O)O)cc21. The summed E-state index contributed by atoms with van der Waals surface area (Å²) in [5, 5.41) is 10.8. The smallest absolute Gasteiger partial charge is 0.311 e. The number of benzene rings is 2. The summed E-state index contributed by atoms with van der Waals surface area (Å²) < 4.78 is 11.9. The lowest BCUT2D eigenvalue weighted by Crippen LogP contribution is -2.46. The number of anilines is 1. The number of hydrogen-bond acceptors (Lipinski definition) is 5. The molecule has 1 aliphatic heterocycles. The van der Waals surface area contributed by atoms with Crippen molar-refractivity contribution in [2.75, 3.05) is 24.6 Å². The van der Waals surface area contributed by atoms with E-state index < -0.39 is 23.5 Å². The first-order chi connectivity index (χ1) is 18.5. The summed E-state index contributed by atoms with van der Waals surface area (Å²) in [6, 6.07) is 11.7. The Morgan fingerprint density at radius 3 is 2.74 bits per heavy atom. The number of rotatable bonds is 9. The normalized spacial score (nSPS) is 19.3. The molecule has 2 aromatic rings.